The van der Waals surface area contributed by atoms with E-state index in [4.69, 9.17) is 10.8 Å². The van der Waals surface area contributed by atoms with Gasteiger partial charge in [-0.1, -0.05) is 24.4 Å². The Labute approximate surface area is 99.5 Å². The fourth-order valence-corrected chi connectivity index (χ4v) is 1.38. The molecular weight excluding hydrogens is 224 g/mol. The quantitative estimate of drug-likeness (QED) is 0.664. The number of hydrogen-bond donors (Lipinski definition) is 3. The van der Waals surface area contributed by atoms with E-state index >= 15 is 0 Å². The summed E-state index contributed by atoms with van der Waals surface area (Å²) in [4.78, 5) is 11.5. The summed E-state index contributed by atoms with van der Waals surface area (Å²) < 4.78 is 0. The molecule has 1 aromatic carbocycles. The SMILES string of the molecule is NC(=S)CC(=O)Nc1ccc(CCO)cc1. The monoisotopic (exact) mass is 238 g/mol. The molecule has 5 heteroatoms. The second kappa shape index (κ2) is 6.19. The molecule has 0 radical (unpaired) electrons. The van der Waals surface area contributed by atoms with Crippen molar-refractivity contribution in [1.82, 2.24) is 0 Å². The molecule has 1 aromatic rings. The second-order valence-corrected chi connectivity index (χ2v) is 3.89. The maximum absolute atomic E-state index is 11.3. The number of benzene rings is 1. The summed E-state index contributed by atoms with van der Waals surface area (Å²) in [6.07, 6.45) is 0.662. The first-order chi connectivity index (χ1) is 7.61. The van der Waals surface area contributed by atoms with Crippen LogP contribution in [0.4, 0.5) is 5.69 Å². The maximum Gasteiger partial charge on any atom is 0.231 e. The number of nitrogens with one attached hydrogen (secondary N) is 1. The molecule has 0 unspecified atom stereocenters. The van der Waals surface area contributed by atoms with Crippen molar-refractivity contribution in [2.24, 2.45) is 5.73 Å². The normalized spacial score (nSPS) is 9.81. The molecular formula is C11H14N2O2S. The molecule has 0 aliphatic heterocycles. The van der Waals surface area contributed by atoms with Crippen molar-refractivity contribution in [2.45, 2.75) is 12.8 Å². The van der Waals surface area contributed by atoms with E-state index in [0.29, 0.717) is 12.1 Å². The summed E-state index contributed by atoms with van der Waals surface area (Å²) in [5.74, 6) is -0.220. The Morgan fingerprint density at radius 1 is 1.38 bits per heavy atom. The predicted molar refractivity (Wildman–Crippen MR) is 67.3 cm³/mol. The number of aliphatic hydroxyl groups excluding tert-OH is 1. The summed E-state index contributed by atoms with van der Waals surface area (Å²) >= 11 is 4.63. The van der Waals surface area contributed by atoms with Gasteiger partial charge in [0.25, 0.3) is 0 Å². The number of anilines is 1. The van der Waals surface area contributed by atoms with Gasteiger partial charge in [0.2, 0.25) is 5.91 Å². The van der Waals surface area contributed by atoms with Crippen molar-refractivity contribution in [2.75, 3.05) is 11.9 Å². The van der Waals surface area contributed by atoms with E-state index in [1.54, 1.807) is 12.1 Å². The van der Waals surface area contributed by atoms with Crippen molar-refractivity contribution >= 4 is 28.8 Å². The Morgan fingerprint density at radius 2 is 2.00 bits per heavy atom. The third-order valence-electron chi connectivity index (χ3n) is 1.97. The van der Waals surface area contributed by atoms with Crippen LogP contribution in [0.5, 0.6) is 0 Å². The van der Waals surface area contributed by atoms with Crippen LogP contribution in [0.15, 0.2) is 24.3 Å². The Morgan fingerprint density at radius 3 is 2.50 bits per heavy atom. The summed E-state index contributed by atoms with van der Waals surface area (Å²) in [5, 5.41) is 11.4. The van der Waals surface area contributed by atoms with E-state index < -0.39 is 0 Å². The molecule has 0 saturated carbocycles. The zero-order valence-corrected chi connectivity index (χ0v) is 9.59. The van der Waals surface area contributed by atoms with Crippen molar-refractivity contribution in [1.29, 1.82) is 0 Å². The lowest BCUT2D eigenvalue weighted by atomic mass is 10.1. The summed E-state index contributed by atoms with van der Waals surface area (Å²) in [7, 11) is 0. The van der Waals surface area contributed by atoms with E-state index in [9.17, 15) is 4.79 Å². The third-order valence-corrected chi connectivity index (χ3v) is 2.12. The highest BCUT2D eigenvalue weighted by atomic mass is 32.1. The van der Waals surface area contributed by atoms with E-state index in [0.717, 1.165) is 5.56 Å². The van der Waals surface area contributed by atoms with E-state index in [-0.39, 0.29) is 23.9 Å². The summed E-state index contributed by atoms with van der Waals surface area (Å²) in [5.41, 5.74) is 6.97. The third kappa shape index (κ3) is 4.37. The van der Waals surface area contributed by atoms with Crippen molar-refractivity contribution in [3.63, 3.8) is 0 Å². The Hall–Kier alpha value is -1.46. The van der Waals surface area contributed by atoms with Gasteiger partial charge >= 0.3 is 0 Å². The van der Waals surface area contributed by atoms with Crippen LogP contribution in [0.3, 0.4) is 0 Å². The number of amides is 1. The topological polar surface area (TPSA) is 75.4 Å². The fraction of sp³-hybridized carbons (Fsp3) is 0.273. The fourth-order valence-electron chi connectivity index (χ4n) is 1.25. The zero-order chi connectivity index (χ0) is 12.0. The number of aliphatic hydroxyl groups is 1. The molecule has 0 aromatic heterocycles. The highest BCUT2D eigenvalue weighted by Crippen LogP contribution is 2.10. The first kappa shape index (κ1) is 12.6. The summed E-state index contributed by atoms with van der Waals surface area (Å²) in [6, 6.07) is 7.27. The summed E-state index contributed by atoms with van der Waals surface area (Å²) in [6.45, 7) is 0.118. The largest absolute Gasteiger partial charge is 0.396 e. The number of thiocarbonyl (C=S) groups is 1. The van der Waals surface area contributed by atoms with Crippen LogP contribution in [-0.4, -0.2) is 22.6 Å². The van der Waals surface area contributed by atoms with Gasteiger partial charge in [0.1, 0.15) is 0 Å². The molecule has 0 heterocycles. The first-order valence-corrected chi connectivity index (χ1v) is 5.30. The van der Waals surface area contributed by atoms with Crippen LogP contribution in [0.2, 0.25) is 0 Å². The molecule has 1 amide bonds. The standard InChI is InChI=1S/C11H14N2O2S/c12-10(16)7-11(15)13-9-3-1-8(2-4-9)5-6-14/h1-4,14H,5-7H2,(H2,12,16)(H,13,15). The lowest BCUT2D eigenvalue weighted by Crippen LogP contribution is -2.20. The van der Waals surface area contributed by atoms with Crippen LogP contribution in [-0.2, 0) is 11.2 Å². The minimum atomic E-state index is -0.220. The van der Waals surface area contributed by atoms with Gasteiger partial charge in [-0.3, -0.25) is 4.79 Å². The maximum atomic E-state index is 11.3. The lowest BCUT2D eigenvalue weighted by molar-refractivity contribution is -0.115. The number of hydrogen-bond acceptors (Lipinski definition) is 3. The van der Waals surface area contributed by atoms with Gasteiger partial charge in [0, 0.05) is 12.3 Å². The highest BCUT2D eigenvalue weighted by molar-refractivity contribution is 7.80. The van der Waals surface area contributed by atoms with Crippen LogP contribution in [0.25, 0.3) is 0 Å². The molecule has 16 heavy (non-hydrogen) atoms. The molecule has 0 atom stereocenters. The molecule has 0 bridgehead atoms. The van der Waals surface area contributed by atoms with Gasteiger partial charge in [-0.25, -0.2) is 0 Å². The van der Waals surface area contributed by atoms with Gasteiger partial charge in [0.15, 0.2) is 0 Å². The van der Waals surface area contributed by atoms with Crippen LogP contribution in [0.1, 0.15) is 12.0 Å². The number of carbonyl (C=O) groups is 1. The van der Waals surface area contributed by atoms with Gasteiger partial charge < -0.3 is 16.2 Å². The smallest absolute Gasteiger partial charge is 0.231 e. The molecule has 0 aliphatic carbocycles. The van der Waals surface area contributed by atoms with E-state index in [1.807, 2.05) is 12.1 Å². The minimum absolute atomic E-state index is 0.0493. The predicted octanol–water partition coefficient (Wildman–Crippen LogP) is 0.836. The zero-order valence-electron chi connectivity index (χ0n) is 8.77. The van der Waals surface area contributed by atoms with E-state index in [1.165, 1.54) is 0 Å². The Balaban J connectivity index is 2.54. The van der Waals surface area contributed by atoms with Crippen molar-refractivity contribution in [3.05, 3.63) is 29.8 Å². The van der Waals surface area contributed by atoms with Crippen LogP contribution >= 0.6 is 12.2 Å². The molecule has 4 nitrogen and oxygen atoms in total. The second-order valence-electron chi connectivity index (χ2n) is 3.36. The van der Waals surface area contributed by atoms with E-state index in [2.05, 4.69) is 17.5 Å². The van der Waals surface area contributed by atoms with Gasteiger partial charge in [-0.2, -0.15) is 0 Å². The number of rotatable bonds is 5. The van der Waals surface area contributed by atoms with Crippen LogP contribution < -0.4 is 11.1 Å². The van der Waals surface area contributed by atoms with Crippen molar-refractivity contribution in [3.8, 4) is 0 Å². The molecule has 0 saturated heterocycles. The first-order valence-electron chi connectivity index (χ1n) is 4.90. The molecule has 1 rings (SSSR count). The van der Waals surface area contributed by atoms with Crippen molar-refractivity contribution < 1.29 is 9.90 Å². The van der Waals surface area contributed by atoms with Gasteiger partial charge in [-0.05, 0) is 24.1 Å². The molecule has 86 valence electrons. The highest BCUT2D eigenvalue weighted by Gasteiger charge is 2.03. The Bertz CT molecular complexity index is 376. The molecule has 0 fully saturated rings. The average Bonchev–Trinajstić information content (AvgIpc) is 2.20. The Kier molecular flexibility index (Phi) is 4.88. The lowest BCUT2D eigenvalue weighted by Gasteiger charge is -2.05. The van der Waals surface area contributed by atoms with Gasteiger partial charge in [-0.15, -0.1) is 0 Å². The van der Waals surface area contributed by atoms with Crippen LogP contribution in [0, 0.1) is 0 Å². The number of carbonyl (C=O) groups excluding carboxylic acids is 1. The molecule has 4 N–H and O–H groups in total. The number of nitrogens with two attached hydrogens (primary N) is 1. The molecule has 0 aliphatic rings. The molecule has 0 spiro atoms. The average molecular weight is 238 g/mol. The van der Waals surface area contributed by atoms with Gasteiger partial charge in [0.05, 0.1) is 11.4 Å². The minimum Gasteiger partial charge on any atom is -0.396 e.